The van der Waals surface area contributed by atoms with Crippen molar-refractivity contribution in [3.8, 4) is 11.6 Å². The van der Waals surface area contributed by atoms with Gasteiger partial charge in [0.1, 0.15) is 18.5 Å². The van der Waals surface area contributed by atoms with Gasteiger partial charge in [0, 0.05) is 30.5 Å². The minimum Gasteiger partial charge on any atom is -0.491 e. The highest BCUT2D eigenvalue weighted by molar-refractivity contribution is 6.30. The molecule has 0 saturated heterocycles. The molecule has 1 amide bonds. The van der Waals surface area contributed by atoms with Crippen molar-refractivity contribution in [3.63, 3.8) is 0 Å². The summed E-state index contributed by atoms with van der Waals surface area (Å²) in [5.41, 5.74) is 1.13. The third kappa shape index (κ3) is 4.00. The number of halogens is 3. The number of carbonyl (C=O) groups is 1. The number of benzene rings is 1. The summed E-state index contributed by atoms with van der Waals surface area (Å²) in [5, 5.41) is 7.72. The molecule has 2 atom stereocenters. The number of hydrogen-bond acceptors (Lipinski definition) is 4. The summed E-state index contributed by atoms with van der Waals surface area (Å²) >= 11 is 6.01. The molecular weight excluding hydrogens is 380 g/mol. The lowest BCUT2D eigenvalue weighted by atomic mass is 10.0. The summed E-state index contributed by atoms with van der Waals surface area (Å²) in [6.45, 7) is 0.791. The average molecular weight is 398 g/mol. The molecular formula is C18H18ClF2N3O3. The first-order valence-corrected chi connectivity index (χ1v) is 9.10. The van der Waals surface area contributed by atoms with E-state index in [0.717, 1.165) is 11.3 Å². The molecule has 4 rings (SSSR count). The second-order valence-electron chi connectivity index (χ2n) is 6.68. The summed E-state index contributed by atoms with van der Waals surface area (Å²) in [5.74, 6) is 0.750. The minimum absolute atomic E-state index is 0.194. The van der Waals surface area contributed by atoms with Crippen LogP contribution in [0.15, 0.2) is 24.3 Å². The number of nitrogens with zero attached hydrogens (tertiary/aromatic N) is 2. The molecule has 3 heterocycles. The van der Waals surface area contributed by atoms with Crippen LogP contribution < -0.4 is 14.8 Å². The Bertz CT molecular complexity index is 858. The Morgan fingerprint density at radius 1 is 1.41 bits per heavy atom. The number of aryl methyl sites for hydroxylation is 1. The van der Waals surface area contributed by atoms with Gasteiger partial charge in [-0.2, -0.15) is 5.10 Å². The molecule has 1 aromatic carbocycles. The predicted molar refractivity (Wildman–Crippen MR) is 93.8 cm³/mol. The summed E-state index contributed by atoms with van der Waals surface area (Å²) in [6.07, 6.45) is -2.27. The van der Waals surface area contributed by atoms with Crippen LogP contribution in [0.5, 0.6) is 11.6 Å². The van der Waals surface area contributed by atoms with Crippen molar-refractivity contribution in [2.45, 2.75) is 44.4 Å². The fraction of sp³-hybridized carbons (Fsp3) is 0.444. The van der Waals surface area contributed by atoms with Crippen molar-refractivity contribution in [3.05, 3.63) is 40.5 Å². The van der Waals surface area contributed by atoms with Crippen LogP contribution in [0.3, 0.4) is 0 Å². The molecule has 2 aromatic rings. The average Bonchev–Trinajstić information content (AvgIpc) is 3.04. The van der Waals surface area contributed by atoms with Crippen LogP contribution in [0.2, 0.25) is 5.02 Å². The van der Waals surface area contributed by atoms with Gasteiger partial charge in [-0.25, -0.2) is 13.5 Å². The fourth-order valence-corrected chi connectivity index (χ4v) is 3.54. The van der Waals surface area contributed by atoms with Crippen molar-refractivity contribution in [1.29, 1.82) is 0 Å². The van der Waals surface area contributed by atoms with E-state index in [0.29, 0.717) is 36.9 Å². The largest absolute Gasteiger partial charge is 0.491 e. The van der Waals surface area contributed by atoms with Gasteiger partial charge in [0.15, 0.2) is 5.69 Å². The molecule has 2 aliphatic heterocycles. The lowest BCUT2D eigenvalue weighted by Gasteiger charge is -2.25. The number of aromatic nitrogens is 2. The number of carbonyl (C=O) groups excluding carboxylic acids is 1. The molecule has 27 heavy (non-hydrogen) atoms. The Morgan fingerprint density at radius 3 is 3.07 bits per heavy atom. The summed E-state index contributed by atoms with van der Waals surface area (Å²) in [4.78, 5) is 12.5. The Balaban J connectivity index is 1.40. The first-order chi connectivity index (χ1) is 13.0. The van der Waals surface area contributed by atoms with E-state index in [1.165, 1.54) is 10.7 Å². The van der Waals surface area contributed by atoms with Crippen LogP contribution in [0, 0.1) is 0 Å². The van der Waals surface area contributed by atoms with Crippen LogP contribution in [0.25, 0.3) is 0 Å². The van der Waals surface area contributed by atoms with Gasteiger partial charge < -0.3 is 14.8 Å². The Labute approximate surface area is 159 Å². The van der Waals surface area contributed by atoms with Crippen LogP contribution in [0.1, 0.15) is 28.9 Å². The minimum atomic E-state index is -2.42. The number of amides is 1. The molecule has 0 aliphatic carbocycles. The number of alkyl halides is 2. The van der Waals surface area contributed by atoms with Gasteiger partial charge in [-0.1, -0.05) is 11.6 Å². The zero-order valence-electron chi connectivity index (χ0n) is 14.3. The highest BCUT2D eigenvalue weighted by Crippen LogP contribution is 2.28. The lowest BCUT2D eigenvalue weighted by Crippen LogP contribution is -2.42. The zero-order valence-corrected chi connectivity index (χ0v) is 15.1. The molecule has 1 aromatic heterocycles. The van der Waals surface area contributed by atoms with Crippen molar-refractivity contribution in [2.24, 2.45) is 0 Å². The Morgan fingerprint density at radius 2 is 2.26 bits per heavy atom. The number of fused-ring (bicyclic) bond motifs is 2. The third-order valence-electron chi connectivity index (χ3n) is 4.63. The quantitative estimate of drug-likeness (QED) is 0.861. The van der Waals surface area contributed by atoms with E-state index in [4.69, 9.17) is 21.1 Å². The zero-order chi connectivity index (χ0) is 19.0. The van der Waals surface area contributed by atoms with Crippen molar-refractivity contribution >= 4 is 17.5 Å². The normalized spacial score (nSPS) is 21.0. The van der Waals surface area contributed by atoms with E-state index in [2.05, 4.69) is 10.4 Å². The Hall–Kier alpha value is -2.35. The Kier molecular flexibility index (Phi) is 4.90. The summed E-state index contributed by atoms with van der Waals surface area (Å²) in [6, 6.07) is 6.67. The second kappa shape index (κ2) is 7.34. The maximum Gasteiger partial charge on any atom is 0.272 e. The number of nitrogens with one attached hydrogen (secondary N) is 1. The number of hydrogen-bond donors (Lipinski definition) is 1. The third-order valence-corrected chi connectivity index (χ3v) is 4.87. The first kappa shape index (κ1) is 18.0. The van der Waals surface area contributed by atoms with Crippen molar-refractivity contribution in [1.82, 2.24) is 15.1 Å². The first-order valence-electron chi connectivity index (χ1n) is 8.72. The van der Waals surface area contributed by atoms with E-state index in [1.54, 1.807) is 6.07 Å². The standard InChI is InChI=1S/C18H18ClF2N3O3/c19-11-1-2-15-10(5-11)6-12(9-26-15)22-18(25)14-8-17-24(23-14)4-3-13(27-17)7-16(20)21/h1-2,5,8,12-13,16H,3-4,6-7,9H2,(H,22,25)/t12-,13?/m1/s1. The van der Waals surface area contributed by atoms with Gasteiger partial charge >= 0.3 is 0 Å². The SMILES string of the molecule is O=C(N[C@H]1COc2ccc(Cl)cc2C1)c1cc2n(n1)CCC(CC(F)F)O2. The van der Waals surface area contributed by atoms with Gasteiger partial charge in [0.05, 0.1) is 6.04 Å². The van der Waals surface area contributed by atoms with Gasteiger partial charge in [-0.3, -0.25) is 4.79 Å². The van der Waals surface area contributed by atoms with Gasteiger partial charge in [-0.15, -0.1) is 0 Å². The molecule has 0 bridgehead atoms. The number of rotatable bonds is 4. The molecule has 6 nitrogen and oxygen atoms in total. The topological polar surface area (TPSA) is 65.4 Å². The molecule has 0 spiro atoms. The second-order valence-corrected chi connectivity index (χ2v) is 7.12. The maximum absolute atomic E-state index is 12.5. The maximum atomic E-state index is 12.5. The van der Waals surface area contributed by atoms with Crippen LogP contribution in [-0.2, 0) is 13.0 Å². The van der Waals surface area contributed by atoms with E-state index < -0.39 is 12.5 Å². The fourth-order valence-electron chi connectivity index (χ4n) is 3.34. The molecule has 144 valence electrons. The molecule has 0 radical (unpaired) electrons. The van der Waals surface area contributed by atoms with Gasteiger partial charge in [0.2, 0.25) is 12.3 Å². The van der Waals surface area contributed by atoms with E-state index in [-0.39, 0.29) is 24.1 Å². The molecule has 9 heteroatoms. The monoisotopic (exact) mass is 397 g/mol. The summed E-state index contributed by atoms with van der Waals surface area (Å²) < 4.78 is 37.8. The molecule has 0 fully saturated rings. The van der Waals surface area contributed by atoms with E-state index in [9.17, 15) is 13.6 Å². The highest BCUT2D eigenvalue weighted by atomic mass is 35.5. The lowest BCUT2D eigenvalue weighted by molar-refractivity contribution is 0.0491. The van der Waals surface area contributed by atoms with E-state index in [1.807, 2.05) is 12.1 Å². The molecule has 1 unspecified atom stereocenters. The predicted octanol–water partition coefficient (Wildman–Crippen LogP) is 3.08. The van der Waals surface area contributed by atoms with Gasteiger partial charge in [0.25, 0.3) is 5.91 Å². The highest BCUT2D eigenvalue weighted by Gasteiger charge is 2.27. The molecule has 1 N–H and O–H groups in total. The smallest absolute Gasteiger partial charge is 0.272 e. The van der Waals surface area contributed by atoms with Crippen molar-refractivity contribution < 1.29 is 23.0 Å². The molecule has 2 aliphatic rings. The van der Waals surface area contributed by atoms with Gasteiger partial charge in [-0.05, 0) is 30.2 Å². The van der Waals surface area contributed by atoms with Crippen LogP contribution in [0.4, 0.5) is 8.78 Å². The summed E-state index contributed by atoms with van der Waals surface area (Å²) in [7, 11) is 0. The van der Waals surface area contributed by atoms with Crippen LogP contribution >= 0.6 is 11.6 Å². The number of ether oxygens (including phenoxy) is 2. The van der Waals surface area contributed by atoms with E-state index >= 15 is 0 Å². The van der Waals surface area contributed by atoms with Crippen LogP contribution in [-0.4, -0.2) is 40.9 Å². The molecule has 0 saturated carbocycles. The van der Waals surface area contributed by atoms with Crippen molar-refractivity contribution in [2.75, 3.05) is 6.61 Å².